The Kier molecular flexibility index (Phi) is 5.52. The van der Waals surface area contributed by atoms with Crippen LogP contribution in [0.1, 0.15) is 5.56 Å². The topological polar surface area (TPSA) is 71.7 Å². The van der Waals surface area contributed by atoms with Crippen molar-refractivity contribution in [2.45, 2.75) is 6.54 Å². The Morgan fingerprint density at radius 3 is 2.58 bits per heavy atom. The molecule has 0 aromatic carbocycles. The van der Waals surface area contributed by atoms with E-state index < -0.39 is 0 Å². The zero-order valence-corrected chi connectivity index (χ0v) is 18.7. The van der Waals surface area contributed by atoms with Crippen molar-refractivity contribution < 1.29 is 4.74 Å². The molecule has 0 amide bonds. The molecule has 8 nitrogen and oxygen atoms in total. The third-order valence-electron chi connectivity index (χ3n) is 5.51. The SMILES string of the molecule is COc1ccc(CN2CCN(c3ccc(-c4cc(Br)cn5ncnc45)cn3)CC2)cn1. The molecular formula is C22H22BrN7O. The molecule has 5 heterocycles. The highest BCUT2D eigenvalue weighted by Gasteiger charge is 2.18. The second kappa shape index (κ2) is 8.60. The summed E-state index contributed by atoms with van der Waals surface area (Å²) in [5.74, 6) is 1.65. The number of halogens is 1. The first-order valence-corrected chi connectivity index (χ1v) is 10.9. The molecular weight excluding hydrogens is 458 g/mol. The Balaban J connectivity index is 1.24. The van der Waals surface area contributed by atoms with Crippen molar-refractivity contribution in [3.05, 3.63) is 65.3 Å². The molecule has 0 N–H and O–H groups in total. The van der Waals surface area contributed by atoms with Crippen LogP contribution >= 0.6 is 15.9 Å². The number of fused-ring (bicyclic) bond motifs is 1. The van der Waals surface area contributed by atoms with E-state index in [4.69, 9.17) is 9.72 Å². The van der Waals surface area contributed by atoms with Crippen LogP contribution < -0.4 is 9.64 Å². The molecule has 0 atom stereocenters. The molecule has 4 aromatic heterocycles. The van der Waals surface area contributed by atoms with Gasteiger partial charge in [0.2, 0.25) is 5.88 Å². The van der Waals surface area contributed by atoms with E-state index in [-0.39, 0.29) is 0 Å². The predicted molar refractivity (Wildman–Crippen MR) is 122 cm³/mol. The van der Waals surface area contributed by atoms with Gasteiger partial charge in [-0.2, -0.15) is 5.10 Å². The maximum atomic E-state index is 5.13. The van der Waals surface area contributed by atoms with Crippen LogP contribution in [-0.4, -0.2) is 62.8 Å². The number of rotatable bonds is 5. The minimum Gasteiger partial charge on any atom is -0.481 e. The van der Waals surface area contributed by atoms with Gasteiger partial charge in [0.25, 0.3) is 0 Å². The van der Waals surface area contributed by atoms with Crippen molar-refractivity contribution in [1.82, 2.24) is 29.5 Å². The fourth-order valence-electron chi connectivity index (χ4n) is 3.86. The highest BCUT2D eigenvalue weighted by molar-refractivity contribution is 9.10. The number of pyridine rings is 3. The zero-order chi connectivity index (χ0) is 21.2. The molecule has 5 rings (SSSR count). The van der Waals surface area contributed by atoms with Crippen LogP contribution in [0.15, 0.2) is 59.7 Å². The van der Waals surface area contributed by atoms with Gasteiger partial charge in [-0.05, 0) is 39.7 Å². The molecule has 0 bridgehead atoms. The number of hydrogen-bond acceptors (Lipinski definition) is 7. The largest absolute Gasteiger partial charge is 0.481 e. The standard InChI is InChI=1S/C22H22BrN7O/c1-31-21-5-2-16(11-25-21)13-28-6-8-29(9-7-28)20-4-3-17(12-24-20)19-10-18(23)14-30-22(19)26-15-27-30/h2-5,10-12,14-15H,6-9,13H2,1H3. The van der Waals surface area contributed by atoms with Gasteiger partial charge >= 0.3 is 0 Å². The molecule has 1 aliphatic heterocycles. The number of anilines is 1. The summed E-state index contributed by atoms with van der Waals surface area (Å²) in [6.07, 6.45) is 7.27. The van der Waals surface area contributed by atoms with E-state index >= 15 is 0 Å². The van der Waals surface area contributed by atoms with Gasteiger partial charge in [0.15, 0.2) is 5.65 Å². The van der Waals surface area contributed by atoms with Crippen molar-refractivity contribution in [2.24, 2.45) is 0 Å². The lowest BCUT2D eigenvalue weighted by Crippen LogP contribution is -2.46. The molecule has 1 fully saturated rings. The van der Waals surface area contributed by atoms with Crippen LogP contribution in [0.2, 0.25) is 0 Å². The number of ether oxygens (including phenoxy) is 1. The lowest BCUT2D eigenvalue weighted by atomic mass is 10.1. The molecule has 158 valence electrons. The Hall–Kier alpha value is -3.04. The Bertz CT molecular complexity index is 1170. The van der Waals surface area contributed by atoms with Gasteiger partial charge in [0.05, 0.1) is 7.11 Å². The molecule has 0 aliphatic carbocycles. The summed E-state index contributed by atoms with van der Waals surface area (Å²) in [7, 11) is 1.63. The summed E-state index contributed by atoms with van der Waals surface area (Å²) in [6.45, 7) is 4.76. The molecule has 1 aliphatic rings. The van der Waals surface area contributed by atoms with Crippen LogP contribution in [-0.2, 0) is 6.54 Å². The van der Waals surface area contributed by atoms with Crippen LogP contribution in [0.5, 0.6) is 5.88 Å². The second-order valence-electron chi connectivity index (χ2n) is 7.48. The fraction of sp³-hybridized carbons (Fsp3) is 0.273. The molecule has 31 heavy (non-hydrogen) atoms. The lowest BCUT2D eigenvalue weighted by molar-refractivity contribution is 0.249. The van der Waals surface area contributed by atoms with Crippen molar-refractivity contribution in [3.63, 3.8) is 0 Å². The first-order valence-electron chi connectivity index (χ1n) is 10.1. The van der Waals surface area contributed by atoms with Crippen molar-refractivity contribution in [1.29, 1.82) is 0 Å². The van der Waals surface area contributed by atoms with Gasteiger partial charge in [-0.15, -0.1) is 0 Å². The number of methoxy groups -OCH3 is 1. The average Bonchev–Trinajstić information content (AvgIpc) is 3.28. The monoisotopic (exact) mass is 479 g/mol. The van der Waals surface area contributed by atoms with E-state index in [9.17, 15) is 0 Å². The second-order valence-corrected chi connectivity index (χ2v) is 8.39. The molecule has 1 saturated heterocycles. The summed E-state index contributed by atoms with van der Waals surface area (Å²) >= 11 is 3.55. The summed E-state index contributed by atoms with van der Waals surface area (Å²) < 4.78 is 7.85. The first kappa shape index (κ1) is 19.9. The van der Waals surface area contributed by atoms with Crippen molar-refractivity contribution in [2.75, 3.05) is 38.2 Å². The van der Waals surface area contributed by atoms with Crippen LogP contribution in [0.25, 0.3) is 16.8 Å². The maximum absolute atomic E-state index is 5.13. The van der Waals surface area contributed by atoms with Crippen molar-refractivity contribution >= 4 is 27.4 Å². The van der Waals surface area contributed by atoms with Gasteiger partial charge in [-0.25, -0.2) is 19.5 Å². The van der Waals surface area contributed by atoms with Crippen LogP contribution in [0, 0.1) is 0 Å². The highest BCUT2D eigenvalue weighted by Crippen LogP contribution is 2.27. The maximum Gasteiger partial charge on any atom is 0.212 e. The van der Waals surface area contributed by atoms with E-state index in [1.165, 1.54) is 5.56 Å². The lowest BCUT2D eigenvalue weighted by Gasteiger charge is -2.35. The number of aromatic nitrogens is 5. The van der Waals surface area contributed by atoms with E-state index in [0.717, 1.165) is 59.8 Å². The fourth-order valence-corrected chi connectivity index (χ4v) is 4.28. The zero-order valence-electron chi connectivity index (χ0n) is 17.1. The van der Waals surface area contributed by atoms with Crippen LogP contribution in [0.4, 0.5) is 5.82 Å². The summed E-state index contributed by atoms with van der Waals surface area (Å²) in [5.41, 5.74) is 4.04. The molecule has 0 unspecified atom stereocenters. The molecule has 9 heteroatoms. The minimum absolute atomic E-state index is 0.649. The average molecular weight is 480 g/mol. The number of piperazine rings is 1. The Labute approximate surface area is 188 Å². The van der Waals surface area contributed by atoms with Crippen LogP contribution in [0.3, 0.4) is 0 Å². The van der Waals surface area contributed by atoms with E-state index in [2.05, 4.69) is 59.0 Å². The quantitative estimate of drug-likeness (QED) is 0.434. The highest BCUT2D eigenvalue weighted by atomic mass is 79.9. The van der Waals surface area contributed by atoms with E-state index in [1.54, 1.807) is 18.0 Å². The normalized spacial score (nSPS) is 14.8. The summed E-state index contributed by atoms with van der Waals surface area (Å²) in [5, 5.41) is 4.23. The Morgan fingerprint density at radius 1 is 1.00 bits per heavy atom. The number of nitrogens with zero attached hydrogens (tertiary/aromatic N) is 7. The smallest absolute Gasteiger partial charge is 0.212 e. The van der Waals surface area contributed by atoms with Gasteiger partial charge in [0, 0.05) is 73.0 Å². The third-order valence-corrected chi connectivity index (χ3v) is 5.94. The van der Waals surface area contributed by atoms with Crippen molar-refractivity contribution in [3.8, 4) is 17.0 Å². The first-order chi connectivity index (χ1) is 15.2. The van der Waals surface area contributed by atoms with Gasteiger partial charge in [-0.1, -0.05) is 6.07 Å². The van der Waals surface area contributed by atoms with E-state index in [1.807, 2.05) is 30.7 Å². The van der Waals surface area contributed by atoms with E-state index in [0.29, 0.717) is 5.88 Å². The minimum atomic E-state index is 0.649. The molecule has 0 spiro atoms. The molecule has 0 saturated carbocycles. The van der Waals surface area contributed by atoms with Gasteiger partial charge in [-0.3, -0.25) is 4.90 Å². The molecule has 4 aromatic rings. The van der Waals surface area contributed by atoms with Gasteiger partial charge < -0.3 is 9.64 Å². The van der Waals surface area contributed by atoms with Gasteiger partial charge in [0.1, 0.15) is 12.1 Å². The summed E-state index contributed by atoms with van der Waals surface area (Å²) in [4.78, 5) is 18.2. The number of hydrogen-bond donors (Lipinski definition) is 0. The summed E-state index contributed by atoms with van der Waals surface area (Å²) in [6, 6.07) is 10.2. The molecule has 0 radical (unpaired) electrons. The third kappa shape index (κ3) is 4.24. The predicted octanol–water partition coefficient (Wildman–Crippen LogP) is 3.28. The Morgan fingerprint density at radius 2 is 1.87 bits per heavy atom.